The molecule has 2 aromatic heterocycles. The number of benzene rings is 3. The fourth-order valence-electron chi connectivity index (χ4n) is 6.13. The molecule has 0 fully saturated rings. The number of nitrogens with zero attached hydrogens (tertiary/aromatic N) is 4. The smallest absolute Gasteiger partial charge is 0.431 e. The van der Waals surface area contributed by atoms with Crippen molar-refractivity contribution in [2.45, 2.75) is 84.6 Å². The van der Waals surface area contributed by atoms with Crippen molar-refractivity contribution < 1.29 is 66.0 Å². The Bertz CT molecular complexity index is 2690. The number of ether oxygens (including phenoxy) is 4. The van der Waals surface area contributed by atoms with Crippen molar-refractivity contribution in [2.75, 3.05) is 25.7 Å². The fraction of sp³-hybridized carbons (Fsp3) is 0.383. The van der Waals surface area contributed by atoms with E-state index in [9.17, 15) is 41.7 Å². The number of methoxy groups -OCH3 is 1. The number of halogens is 4. The third-order valence-corrected chi connectivity index (χ3v) is 11.4. The van der Waals surface area contributed by atoms with Crippen LogP contribution in [0.1, 0.15) is 76.1 Å². The molecule has 71 heavy (non-hydrogen) atoms. The van der Waals surface area contributed by atoms with Crippen molar-refractivity contribution in [2.24, 2.45) is 7.05 Å². The van der Waals surface area contributed by atoms with Crippen molar-refractivity contribution in [3.05, 3.63) is 128 Å². The maximum Gasteiger partial charge on any atom is 0.431 e. The van der Waals surface area contributed by atoms with Gasteiger partial charge in [0.1, 0.15) is 29.5 Å². The number of thioether (sulfide) groups is 1. The van der Waals surface area contributed by atoms with Crippen LogP contribution in [0, 0.1) is 0 Å². The zero-order valence-electron chi connectivity index (χ0n) is 39.5. The van der Waals surface area contributed by atoms with Crippen LogP contribution in [0.2, 0.25) is 5.15 Å². The summed E-state index contributed by atoms with van der Waals surface area (Å²) in [5.41, 5.74) is -0.461. The summed E-state index contributed by atoms with van der Waals surface area (Å²) in [6.07, 6.45) is 1.69. The molecular weight excluding hydrogens is 998 g/mol. The summed E-state index contributed by atoms with van der Waals surface area (Å²) in [5, 5.41) is 17.8. The minimum Gasteiger partial charge on any atom is -0.489 e. The highest BCUT2D eigenvalue weighted by molar-refractivity contribution is 8.13. The van der Waals surface area contributed by atoms with Gasteiger partial charge in [-0.05, 0) is 67.4 Å². The molecular formula is C47H56ClF3N5O13PS. The molecule has 5 rings (SSSR count). The normalized spacial score (nSPS) is 11.5. The van der Waals surface area contributed by atoms with E-state index >= 15 is 0 Å². The molecule has 18 nitrogen and oxygen atoms in total. The summed E-state index contributed by atoms with van der Waals surface area (Å²) in [5.74, 6) is 0.271. The third-order valence-electron chi connectivity index (χ3n) is 9.76. The maximum atomic E-state index is 13.1. The first-order chi connectivity index (χ1) is 33.6. The number of carboxylic acid groups (broad SMARTS) is 1. The number of nitrogens with one attached hydrogen (secondary N) is 1. The van der Waals surface area contributed by atoms with Gasteiger partial charge in [0.2, 0.25) is 0 Å². The SMILES string of the molecule is CCCCCCCCSC(=O)Oc1cc(Cl)nnc1-c1ccccc1.CCc1ccc(COc2ccc(-n3c(=O)cc(C(F)(F)F)n(C)c3=O)cc2)c(OC(C)C(=O)OC)c1.O=C(O)CNCP(=O)(O)O. The molecule has 0 radical (unpaired) electrons. The van der Waals surface area contributed by atoms with Gasteiger partial charge in [-0.15, -0.1) is 10.2 Å². The molecule has 4 N–H and O–H groups in total. The summed E-state index contributed by atoms with van der Waals surface area (Å²) in [4.78, 5) is 74.7. The standard InChI is InChI=1S/C25H25F3N2O6.C19H23ClN2O2S.C3H8NO5P/c1-5-16-6-7-17(20(12-16)36-15(2)23(32)34-4)14-35-19-10-8-18(9-11-19)30-22(31)13-21(25(26,27)28)29(3)24(30)33;1-2-3-4-5-6-10-13-25-19(23)24-16-14-17(20)21-22-18(16)15-11-8-7-9-12-15;5-3(6)1-4-2-10(7,8)9/h6-13,15H,5,14H2,1-4H3;7-9,11-12,14H,2-6,10,13H2,1H3;4H,1-2H2,(H,5,6)(H2,7,8,9). The van der Waals surface area contributed by atoms with Crippen molar-refractivity contribution in [1.29, 1.82) is 0 Å². The highest BCUT2D eigenvalue weighted by Gasteiger charge is 2.35. The zero-order chi connectivity index (χ0) is 52.7. The number of aromatic nitrogens is 4. The zero-order valence-corrected chi connectivity index (χ0v) is 42.0. The summed E-state index contributed by atoms with van der Waals surface area (Å²) in [6, 6.07) is 22.7. The molecule has 1 unspecified atom stereocenters. The van der Waals surface area contributed by atoms with Gasteiger partial charge in [-0.3, -0.25) is 24.0 Å². The maximum absolute atomic E-state index is 13.1. The molecule has 0 aliphatic carbocycles. The molecule has 1 atom stereocenters. The van der Waals surface area contributed by atoms with Gasteiger partial charge < -0.3 is 33.8 Å². The Morgan fingerprint density at radius 3 is 2.17 bits per heavy atom. The molecule has 0 saturated heterocycles. The first kappa shape index (κ1) is 59.3. The summed E-state index contributed by atoms with van der Waals surface area (Å²) in [7, 11) is -1.88. The van der Waals surface area contributed by atoms with Crippen molar-refractivity contribution in [3.63, 3.8) is 0 Å². The Kier molecular flexibility index (Phi) is 24.5. The molecule has 0 amide bonds. The molecule has 0 aliphatic heterocycles. The van der Waals surface area contributed by atoms with Gasteiger partial charge in [-0.2, -0.15) is 13.2 Å². The van der Waals surface area contributed by atoms with E-state index in [2.05, 4.69) is 22.4 Å². The number of esters is 1. The second-order valence-electron chi connectivity index (χ2n) is 15.3. The molecule has 5 aromatic rings. The Hall–Kier alpha value is -6.03. The number of rotatable bonds is 21. The molecule has 0 aliphatic rings. The summed E-state index contributed by atoms with van der Waals surface area (Å²) in [6.45, 7) is 5.40. The highest BCUT2D eigenvalue weighted by atomic mass is 35.5. The van der Waals surface area contributed by atoms with Gasteiger partial charge in [-0.25, -0.2) is 19.0 Å². The summed E-state index contributed by atoms with van der Waals surface area (Å²) >= 11 is 7.10. The van der Waals surface area contributed by atoms with E-state index in [1.165, 1.54) is 74.9 Å². The van der Waals surface area contributed by atoms with E-state index in [4.69, 9.17) is 45.4 Å². The quantitative estimate of drug-likeness (QED) is 0.0304. The largest absolute Gasteiger partial charge is 0.489 e. The van der Waals surface area contributed by atoms with E-state index in [-0.39, 0.29) is 22.7 Å². The number of alkyl halides is 3. The molecule has 3 aromatic carbocycles. The lowest BCUT2D eigenvalue weighted by molar-refractivity contribution is -0.148. The second kappa shape index (κ2) is 29.3. The van der Waals surface area contributed by atoms with Crippen LogP contribution in [0.25, 0.3) is 16.9 Å². The number of carbonyl (C=O) groups is 3. The Balaban J connectivity index is 0.000000328. The van der Waals surface area contributed by atoms with E-state index in [1.807, 2.05) is 55.5 Å². The van der Waals surface area contributed by atoms with E-state index < -0.39 is 61.6 Å². The van der Waals surface area contributed by atoms with E-state index in [1.54, 1.807) is 6.92 Å². The minimum atomic E-state index is -4.84. The van der Waals surface area contributed by atoms with Crippen LogP contribution in [0.15, 0.2) is 94.5 Å². The minimum absolute atomic E-state index is 0.0779. The number of carbonyl (C=O) groups excluding carboxylic acids is 2. The first-order valence-corrected chi connectivity index (χ1v) is 25.1. The van der Waals surface area contributed by atoms with Crippen LogP contribution in [-0.2, 0) is 45.1 Å². The van der Waals surface area contributed by atoms with E-state index in [0.717, 1.165) is 43.2 Å². The van der Waals surface area contributed by atoms with Gasteiger partial charge in [0.05, 0.1) is 25.6 Å². The van der Waals surface area contributed by atoms with Crippen LogP contribution in [0.4, 0.5) is 18.0 Å². The highest BCUT2D eigenvalue weighted by Crippen LogP contribution is 2.32. The number of carboxylic acids is 1. The number of hydrogen-bond acceptors (Lipinski definition) is 14. The predicted molar refractivity (Wildman–Crippen MR) is 261 cm³/mol. The summed E-state index contributed by atoms with van der Waals surface area (Å²) < 4.78 is 72.0. The van der Waals surface area contributed by atoms with Gasteiger partial charge in [-0.1, -0.05) is 100 Å². The molecule has 386 valence electrons. The van der Waals surface area contributed by atoms with Crippen molar-refractivity contribution in [3.8, 4) is 34.2 Å². The number of aliphatic carboxylic acids is 1. The van der Waals surface area contributed by atoms with Crippen LogP contribution in [-0.4, -0.2) is 83.3 Å². The Morgan fingerprint density at radius 2 is 1.56 bits per heavy atom. The number of hydrogen-bond donors (Lipinski definition) is 4. The number of aryl methyl sites for hydroxylation is 1. The first-order valence-electron chi connectivity index (χ1n) is 22.0. The van der Waals surface area contributed by atoms with Gasteiger partial charge in [0.25, 0.3) is 5.56 Å². The Morgan fingerprint density at radius 1 is 0.901 bits per heavy atom. The second-order valence-corrected chi connectivity index (χ2v) is 18.3. The van der Waals surface area contributed by atoms with Crippen LogP contribution in [0.5, 0.6) is 17.2 Å². The fourth-order valence-corrected chi connectivity index (χ4v) is 7.34. The topological polar surface area (TPSA) is 248 Å². The molecule has 0 bridgehead atoms. The molecule has 0 saturated carbocycles. The van der Waals surface area contributed by atoms with Crippen LogP contribution in [0.3, 0.4) is 0 Å². The van der Waals surface area contributed by atoms with Gasteiger partial charge >= 0.3 is 36.7 Å². The van der Waals surface area contributed by atoms with Gasteiger partial charge in [0, 0.05) is 36.1 Å². The Labute approximate surface area is 416 Å². The van der Waals surface area contributed by atoms with Crippen LogP contribution >= 0.6 is 31.0 Å². The monoisotopic (exact) mass is 1050 g/mol. The van der Waals surface area contributed by atoms with Crippen LogP contribution < -0.4 is 30.8 Å². The molecule has 2 heterocycles. The average molecular weight is 1050 g/mol. The lowest BCUT2D eigenvalue weighted by Crippen LogP contribution is -2.40. The van der Waals surface area contributed by atoms with Gasteiger partial charge in [0.15, 0.2) is 17.0 Å². The molecule has 0 spiro atoms. The lowest BCUT2D eigenvalue weighted by Gasteiger charge is -2.17. The number of unbranched alkanes of at least 4 members (excludes halogenated alkanes) is 5. The lowest BCUT2D eigenvalue weighted by atomic mass is 10.1. The average Bonchev–Trinajstić information content (AvgIpc) is 3.32. The third kappa shape index (κ3) is 20.7. The predicted octanol–water partition coefficient (Wildman–Crippen LogP) is 8.82. The van der Waals surface area contributed by atoms with Crippen molar-refractivity contribution in [1.82, 2.24) is 24.6 Å². The van der Waals surface area contributed by atoms with E-state index in [0.29, 0.717) is 43.7 Å². The molecule has 24 heteroatoms. The van der Waals surface area contributed by atoms with Crippen molar-refractivity contribution >= 4 is 48.2 Å².